The van der Waals surface area contributed by atoms with Crippen molar-refractivity contribution in [1.82, 2.24) is 10.6 Å². The molecule has 1 amide bonds. The molecule has 0 bridgehead atoms. The van der Waals surface area contributed by atoms with Crippen molar-refractivity contribution in [1.29, 1.82) is 0 Å². The van der Waals surface area contributed by atoms with Gasteiger partial charge in [-0.15, -0.1) is 0 Å². The van der Waals surface area contributed by atoms with Crippen molar-refractivity contribution in [2.24, 2.45) is 5.92 Å². The highest BCUT2D eigenvalue weighted by Gasteiger charge is 2.14. The van der Waals surface area contributed by atoms with Gasteiger partial charge in [0.25, 0.3) is 0 Å². The van der Waals surface area contributed by atoms with E-state index in [0.29, 0.717) is 18.9 Å². The van der Waals surface area contributed by atoms with Gasteiger partial charge in [-0.3, -0.25) is 4.79 Å². The molecule has 1 fully saturated rings. The van der Waals surface area contributed by atoms with Crippen LogP contribution in [0.2, 0.25) is 0 Å². The number of piperidine rings is 1. The number of carbonyl (C=O) groups excluding carboxylic acids is 1. The van der Waals surface area contributed by atoms with Crippen molar-refractivity contribution in [3.05, 3.63) is 29.8 Å². The van der Waals surface area contributed by atoms with E-state index in [2.05, 4.69) is 10.6 Å². The Morgan fingerprint density at radius 1 is 1.43 bits per heavy atom. The fourth-order valence-corrected chi connectivity index (χ4v) is 2.84. The molecule has 1 unspecified atom stereocenters. The zero-order valence-corrected chi connectivity index (χ0v) is 12.9. The van der Waals surface area contributed by atoms with Crippen LogP contribution in [0.3, 0.4) is 0 Å². The smallest absolute Gasteiger partial charge is 0.220 e. The number of carbonyl (C=O) groups is 1. The predicted octanol–water partition coefficient (Wildman–Crippen LogP) is 2.13. The minimum atomic E-state index is 0.162. The molecule has 1 heterocycles. The molecule has 116 valence electrons. The monoisotopic (exact) mass is 290 g/mol. The highest BCUT2D eigenvalue weighted by atomic mass is 16.5. The van der Waals surface area contributed by atoms with Crippen LogP contribution >= 0.6 is 0 Å². The van der Waals surface area contributed by atoms with Crippen LogP contribution in [0.25, 0.3) is 0 Å². The Labute approximate surface area is 127 Å². The van der Waals surface area contributed by atoms with Crippen LogP contribution in [0.1, 0.15) is 31.2 Å². The molecule has 0 radical (unpaired) electrons. The van der Waals surface area contributed by atoms with Crippen LogP contribution in [0.4, 0.5) is 0 Å². The maximum atomic E-state index is 11.9. The lowest BCUT2D eigenvalue weighted by atomic mass is 9.94. The maximum Gasteiger partial charge on any atom is 0.220 e. The van der Waals surface area contributed by atoms with Gasteiger partial charge >= 0.3 is 0 Å². The number of methoxy groups -OCH3 is 1. The third-order valence-corrected chi connectivity index (χ3v) is 4.09. The molecule has 21 heavy (non-hydrogen) atoms. The van der Waals surface area contributed by atoms with Gasteiger partial charge in [0.05, 0.1) is 7.11 Å². The van der Waals surface area contributed by atoms with Gasteiger partial charge in [-0.1, -0.05) is 18.2 Å². The molecule has 1 aromatic rings. The summed E-state index contributed by atoms with van der Waals surface area (Å²) in [4.78, 5) is 11.9. The molecule has 4 nitrogen and oxygen atoms in total. The third kappa shape index (κ3) is 5.38. The quantitative estimate of drug-likeness (QED) is 0.809. The molecule has 4 heteroatoms. The van der Waals surface area contributed by atoms with Crippen LogP contribution in [0, 0.1) is 5.92 Å². The Morgan fingerprint density at radius 2 is 2.29 bits per heavy atom. The van der Waals surface area contributed by atoms with E-state index < -0.39 is 0 Å². The number of amides is 1. The molecule has 1 saturated heterocycles. The van der Waals surface area contributed by atoms with Crippen molar-refractivity contribution >= 4 is 5.91 Å². The summed E-state index contributed by atoms with van der Waals surface area (Å²) >= 11 is 0. The van der Waals surface area contributed by atoms with Gasteiger partial charge in [0.1, 0.15) is 5.75 Å². The Bertz CT molecular complexity index is 442. The molecular formula is C17H26N2O2. The SMILES string of the molecule is COc1ccccc1CCNC(=O)CCC1CCCNC1. The Kier molecular flexibility index (Phi) is 6.54. The normalized spacial score (nSPS) is 18.2. The summed E-state index contributed by atoms with van der Waals surface area (Å²) < 4.78 is 5.31. The van der Waals surface area contributed by atoms with E-state index in [1.807, 2.05) is 24.3 Å². The largest absolute Gasteiger partial charge is 0.496 e. The number of nitrogens with one attached hydrogen (secondary N) is 2. The van der Waals surface area contributed by atoms with Crippen LogP contribution in [0.5, 0.6) is 5.75 Å². The average Bonchev–Trinajstić information content (AvgIpc) is 2.54. The number of rotatable bonds is 7. The first-order valence-corrected chi connectivity index (χ1v) is 7.89. The predicted molar refractivity (Wildman–Crippen MR) is 84.5 cm³/mol. The first-order chi connectivity index (χ1) is 10.3. The van der Waals surface area contributed by atoms with Gasteiger partial charge in [-0.25, -0.2) is 0 Å². The minimum absolute atomic E-state index is 0.162. The highest BCUT2D eigenvalue weighted by Crippen LogP contribution is 2.17. The van der Waals surface area contributed by atoms with Gasteiger partial charge in [0, 0.05) is 13.0 Å². The lowest BCUT2D eigenvalue weighted by molar-refractivity contribution is -0.121. The first-order valence-electron chi connectivity index (χ1n) is 7.89. The Morgan fingerprint density at radius 3 is 3.05 bits per heavy atom. The maximum absolute atomic E-state index is 11.9. The standard InChI is InChI=1S/C17H26N2O2/c1-21-16-7-3-2-6-15(16)10-12-19-17(20)9-8-14-5-4-11-18-13-14/h2-3,6-7,14,18H,4-5,8-13H2,1H3,(H,19,20). The molecule has 1 aliphatic heterocycles. The van der Waals surface area contributed by atoms with Gasteiger partial charge in [-0.05, 0) is 56.3 Å². The second-order valence-electron chi connectivity index (χ2n) is 5.66. The topological polar surface area (TPSA) is 50.4 Å². The van der Waals surface area contributed by atoms with Crippen LogP contribution in [-0.4, -0.2) is 32.7 Å². The Balaban J connectivity index is 1.64. The van der Waals surface area contributed by atoms with Crippen molar-refractivity contribution in [3.8, 4) is 5.75 Å². The van der Waals surface area contributed by atoms with Crippen LogP contribution < -0.4 is 15.4 Å². The lowest BCUT2D eigenvalue weighted by Gasteiger charge is -2.22. The molecular weight excluding hydrogens is 264 g/mol. The van der Waals surface area contributed by atoms with Crippen molar-refractivity contribution in [2.75, 3.05) is 26.7 Å². The van der Waals surface area contributed by atoms with Crippen molar-refractivity contribution in [3.63, 3.8) is 0 Å². The zero-order valence-electron chi connectivity index (χ0n) is 12.9. The summed E-state index contributed by atoms with van der Waals surface area (Å²) in [6, 6.07) is 7.95. The number of hydrogen-bond acceptors (Lipinski definition) is 3. The van der Waals surface area contributed by atoms with Crippen molar-refractivity contribution < 1.29 is 9.53 Å². The number of hydrogen-bond donors (Lipinski definition) is 2. The van der Waals surface area contributed by atoms with E-state index in [1.54, 1.807) is 7.11 Å². The van der Waals surface area contributed by atoms with Gasteiger partial charge < -0.3 is 15.4 Å². The summed E-state index contributed by atoms with van der Waals surface area (Å²) in [6.07, 6.45) is 4.92. The molecule has 0 aromatic heterocycles. The summed E-state index contributed by atoms with van der Waals surface area (Å²) in [5.41, 5.74) is 1.14. The van der Waals surface area contributed by atoms with E-state index in [-0.39, 0.29) is 5.91 Å². The fourth-order valence-electron chi connectivity index (χ4n) is 2.84. The number of para-hydroxylation sites is 1. The van der Waals surface area contributed by atoms with Crippen LogP contribution in [-0.2, 0) is 11.2 Å². The highest BCUT2D eigenvalue weighted by molar-refractivity contribution is 5.75. The molecule has 1 aliphatic rings. The summed E-state index contributed by atoms with van der Waals surface area (Å²) in [5.74, 6) is 1.72. The fraction of sp³-hybridized carbons (Fsp3) is 0.588. The van der Waals surface area contributed by atoms with Gasteiger partial charge in [0.2, 0.25) is 5.91 Å². The molecule has 0 aliphatic carbocycles. The minimum Gasteiger partial charge on any atom is -0.496 e. The lowest BCUT2D eigenvalue weighted by Crippen LogP contribution is -2.31. The van der Waals surface area contributed by atoms with Crippen LogP contribution in [0.15, 0.2) is 24.3 Å². The molecule has 0 spiro atoms. The van der Waals surface area contributed by atoms with E-state index >= 15 is 0 Å². The van der Waals surface area contributed by atoms with Crippen molar-refractivity contribution in [2.45, 2.75) is 32.1 Å². The van der Waals surface area contributed by atoms with E-state index in [9.17, 15) is 4.79 Å². The van der Waals surface area contributed by atoms with Gasteiger partial charge in [-0.2, -0.15) is 0 Å². The molecule has 1 aromatic carbocycles. The molecule has 2 N–H and O–H groups in total. The second kappa shape index (κ2) is 8.67. The summed E-state index contributed by atoms with van der Waals surface area (Å²) in [7, 11) is 1.68. The summed E-state index contributed by atoms with van der Waals surface area (Å²) in [5, 5.41) is 6.40. The van der Waals surface area contributed by atoms with Gasteiger partial charge in [0.15, 0.2) is 0 Å². The summed E-state index contributed by atoms with van der Waals surface area (Å²) in [6.45, 7) is 2.86. The third-order valence-electron chi connectivity index (χ3n) is 4.09. The number of benzene rings is 1. The molecule has 1 atom stereocenters. The molecule has 0 saturated carbocycles. The zero-order chi connectivity index (χ0) is 14.9. The second-order valence-corrected chi connectivity index (χ2v) is 5.66. The average molecular weight is 290 g/mol. The first kappa shape index (κ1) is 15.8. The molecule has 2 rings (SSSR count). The van der Waals surface area contributed by atoms with E-state index in [1.165, 1.54) is 12.8 Å². The van der Waals surface area contributed by atoms with E-state index in [0.717, 1.165) is 37.2 Å². The number of ether oxygens (including phenoxy) is 1. The van der Waals surface area contributed by atoms with E-state index in [4.69, 9.17) is 4.74 Å². The Hall–Kier alpha value is -1.55.